The maximum atomic E-state index is 11.2. The standard InChI is InChI=1S/C15H24O4/c1-4-6-8-11-17-15(10-7-9-12-18-15)14(5-2)19-13(3)16/h4-5,14H,1-2,6-12H2,3H3/t14?,15-/m1/s1. The molecule has 0 aromatic carbocycles. The van der Waals surface area contributed by atoms with Gasteiger partial charge in [-0.05, 0) is 31.8 Å². The van der Waals surface area contributed by atoms with Crippen LogP contribution in [0, 0.1) is 0 Å². The molecule has 0 saturated carbocycles. The summed E-state index contributed by atoms with van der Waals surface area (Å²) in [4.78, 5) is 11.2. The molecule has 1 heterocycles. The van der Waals surface area contributed by atoms with Crippen molar-refractivity contribution in [3.05, 3.63) is 25.3 Å². The number of esters is 1. The molecule has 0 amide bonds. The molecular weight excluding hydrogens is 244 g/mol. The number of hydrogen-bond acceptors (Lipinski definition) is 4. The van der Waals surface area contributed by atoms with Crippen LogP contribution >= 0.6 is 0 Å². The van der Waals surface area contributed by atoms with Crippen LogP contribution < -0.4 is 0 Å². The average molecular weight is 268 g/mol. The molecule has 1 aliphatic heterocycles. The van der Waals surface area contributed by atoms with Gasteiger partial charge in [-0.25, -0.2) is 0 Å². The quantitative estimate of drug-likeness (QED) is 0.386. The van der Waals surface area contributed by atoms with Crippen molar-refractivity contribution in [1.82, 2.24) is 0 Å². The fourth-order valence-corrected chi connectivity index (χ4v) is 2.18. The third-order valence-corrected chi connectivity index (χ3v) is 3.11. The van der Waals surface area contributed by atoms with Crippen LogP contribution in [-0.2, 0) is 19.0 Å². The van der Waals surface area contributed by atoms with Gasteiger partial charge in [-0.3, -0.25) is 4.79 Å². The number of unbranched alkanes of at least 4 members (excludes halogenated alkanes) is 1. The molecule has 1 saturated heterocycles. The van der Waals surface area contributed by atoms with Crippen molar-refractivity contribution in [2.45, 2.75) is 50.9 Å². The first-order valence-corrected chi connectivity index (χ1v) is 6.83. The molecule has 0 aromatic heterocycles. The smallest absolute Gasteiger partial charge is 0.303 e. The van der Waals surface area contributed by atoms with Crippen LogP contribution in [0.4, 0.5) is 0 Å². The summed E-state index contributed by atoms with van der Waals surface area (Å²) in [5.41, 5.74) is 0. The van der Waals surface area contributed by atoms with Crippen molar-refractivity contribution in [2.24, 2.45) is 0 Å². The van der Waals surface area contributed by atoms with E-state index in [9.17, 15) is 4.79 Å². The summed E-state index contributed by atoms with van der Waals surface area (Å²) >= 11 is 0. The van der Waals surface area contributed by atoms with Crippen LogP contribution in [0.5, 0.6) is 0 Å². The first-order valence-electron chi connectivity index (χ1n) is 6.83. The van der Waals surface area contributed by atoms with E-state index in [4.69, 9.17) is 14.2 Å². The molecule has 1 rings (SSSR count). The van der Waals surface area contributed by atoms with Crippen LogP contribution in [0.1, 0.15) is 39.0 Å². The summed E-state index contributed by atoms with van der Waals surface area (Å²) in [5, 5.41) is 0. The average Bonchev–Trinajstić information content (AvgIpc) is 2.42. The van der Waals surface area contributed by atoms with Gasteiger partial charge in [0.1, 0.15) is 0 Å². The molecule has 0 spiro atoms. The molecule has 19 heavy (non-hydrogen) atoms. The van der Waals surface area contributed by atoms with Gasteiger partial charge < -0.3 is 14.2 Å². The zero-order valence-electron chi connectivity index (χ0n) is 11.7. The Balaban J connectivity index is 2.68. The molecule has 2 atom stereocenters. The van der Waals surface area contributed by atoms with Crippen LogP contribution in [0.3, 0.4) is 0 Å². The lowest BCUT2D eigenvalue weighted by Gasteiger charge is -2.40. The van der Waals surface area contributed by atoms with Crippen molar-refractivity contribution >= 4 is 5.97 Å². The Labute approximate surface area is 115 Å². The second-order valence-corrected chi connectivity index (χ2v) is 4.66. The van der Waals surface area contributed by atoms with Crippen molar-refractivity contribution < 1.29 is 19.0 Å². The topological polar surface area (TPSA) is 44.8 Å². The van der Waals surface area contributed by atoms with Gasteiger partial charge in [0.15, 0.2) is 6.10 Å². The summed E-state index contributed by atoms with van der Waals surface area (Å²) in [6.07, 6.45) is 7.35. The molecular formula is C15H24O4. The fraction of sp³-hybridized carbons (Fsp3) is 0.667. The van der Waals surface area contributed by atoms with Crippen molar-refractivity contribution in [3.8, 4) is 0 Å². The zero-order chi connectivity index (χ0) is 14.1. The second kappa shape index (κ2) is 8.12. The first kappa shape index (κ1) is 15.9. The second-order valence-electron chi connectivity index (χ2n) is 4.66. The fourth-order valence-electron chi connectivity index (χ4n) is 2.18. The largest absolute Gasteiger partial charge is 0.453 e. The molecule has 1 unspecified atom stereocenters. The summed E-state index contributed by atoms with van der Waals surface area (Å²) < 4.78 is 17.0. The number of hydrogen-bond donors (Lipinski definition) is 0. The normalized spacial score (nSPS) is 24.5. The Kier molecular flexibility index (Phi) is 6.81. The third-order valence-electron chi connectivity index (χ3n) is 3.11. The summed E-state index contributed by atoms with van der Waals surface area (Å²) in [5.74, 6) is -1.22. The van der Waals surface area contributed by atoms with E-state index < -0.39 is 11.9 Å². The van der Waals surface area contributed by atoms with E-state index in [0.717, 1.165) is 25.7 Å². The Morgan fingerprint density at radius 2 is 2.26 bits per heavy atom. The number of ether oxygens (including phenoxy) is 3. The van der Waals surface area contributed by atoms with Gasteiger partial charge in [0.25, 0.3) is 0 Å². The van der Waals surface area contributed by atoms with Crippen LogP contribution in [0.15, 0.2) is 25.3 Å². The highest BCUT2D eigenvalue weighted by atomic mass is 16.7. The molecule has 0 bridgehead atoms. The van der Waals surface area contributed by atoms with Gasteiger partial charge in [0.2, 0.25) is 5.79 Å². The predicted octanol–water partition coefficient (Wildman–Crippen LogP) is 2.98. The van der Waals surface area contributed by atoms with E-state index in [-0.39, 0.29) is 5.97 Å². The number of allylic oxidation sites excluding steroid dienone is 1. The summed E-state index contributed by atoms with van der Waals surface area (Å²) in [7, 11) is 0. The van der Waals surface area contributed by atoms with Gasteiger partial charge in [-0.1, -0.05) is 12.7 Å². The lowest BCUT2D eigenvalue weighted by atomic mass is 9.99. The minimum Gasteiger partial charge on any atom is -0.453 e. The first-order chi connectivity index (χ1) is 9.14. The molecule has 0 N–H and O–H groups in total. The lowest BCUT2D eigenvalue weighted by molar-refractivity contribution is -0.292. The van der Waals surface area contributed by atoms with E-state index in [0.29, 0.717) is 19.6 Å². The molecule has 1 aliphatic rings. The summed E-state index contributed by atoms with van der Waals surface area (Å²) in [6, 6.07) is 0. The van der Waals surface area contributed by atoms with Gasteiger partial charge in [0.05, 0.1) is 13.2 Å². The van der Waals surface area contributed by atoms with Crippen molar-refractivity contribution in [3.63, 3.8) is 0 Å². The van der Waals surface area contributed by atoms with Crippen molar-refractivity contribution in [2.75, 3.05) is 13.2 Å². The van der Waals surface area contributed by atoms with E-state index >= 15 is 0 Å². The highest BCUT2D eigenvalue weighted by molar-refractivity contribution is 5.66. The highest BCUT2D eigenvalue weighted by Gasteiger charge is 2.43. The Morgan fingerprint density at radius 1 is 1.47 bits per heavy atom. The van der Waals surface area contributed by atoms with Gasteiger partial charge in [0, 0.05) is 13.3 Å². The molecule has 4 nitrogen and oxygen atoms in total. The molecule has 108 valence electrons. The van der Waals surface area contributed by atoms with Crippen LogP contribution in [0.25, 0.3) is 0 Å². The molecule has 0 aliphatic carbocycles. The van der Waals surface area contributed by atoms with E-state index in [1.54, 1.807) is 6.08 Å². The van der Waals surface area contributed by atoms with Gasteiger partial charge >= 0.3 is 5.97 Å². The minimum atomic E-state index is -0.868. The molecule has 0 aromatic rings. The van der Waals surface area contributed by atoms with Crippen LogP contribution in [-0.4, -0.2) is 31.1 Å². The van der Waals surface area contributed by atoms with Gasteiger partial charge in [-0.15, -0.1) is 6.58 Å². The molecule has 0 radical (unpaired) electrons. The number of rotatable bonds is 8. The Hall–Kier alpha value is -1.13. The highest BCUT2D eigenvalue weighted by Crippen LogP contribution is 2.32. The zero-order valence-corrected chi connectivity index (χ0v) is 11.7. The SMILES string of the molecule is C=CCCCO[C@]1(C(C=C)OC(C)=O)CCCCO1. The number of carbonyl (C=O) groups excluding carboxylic acids is 1. The Bertz CT molecular complexity index is 305. The number of carbonyl (C=O) groups is 1. The maximum absolute atomic E-state index is 11.2. The van der Waals surface area contributed by atoms with Crippen LogP contribution in [0.2, 0.25) is 0 Å². The van der Waals surface area contributed by atoms with E-state index in [2.05, 4.69) is 13.2 Å². The monoisotopic (exact) mass is 268 g/mol. The van der Waals surface area contributed by atoms with E-state index in [1.807, 2.05) is 6.08 Å². The van der Waals surface area contributed by atoms with Gasteiger partial charge in [-0.2, -0.15) is 0 Å². The minimum absolute atomic E-state index is 0.354. The summed E-state index contributed by atoms with van der Waals surface area (Å²) in [6.45, 7) is 9.96. The van der Waals surface area contributed by atoms with E-state index in [1.165, 1.54) is 6.92 Å². The molecule has 1 fully saturated rings. The van der Waals surface area contributed by atoms with Crippen molar-refractivity contribution in [1.29, 1.82) is 0 Å². The predicted molar refractivity (Wildman–Crippen MR) is 73.7 cm³/mol. The Morgan fingerprint density at radius 3 is 2.79 bits per heavy atom. The lowest BCUT2D eigenvalue weighted by Crippen LogP contribution is -2.50. The maximum Gasteiger partial charge on any atom is 0.303 e. The third kappa shape index (κ3) is 4.80. The molecule has 4 heteroatoms.